The maximum Gasteiger partial charge on any atom is 0.274 e. The Morgan fingerprint density at radius 1 is 1.33 bits per heavy atom. The fourth-order valence-corrected chi connectivity index (χ4v) is 2.44. The number of aliphatic hydroxyl groups is 2. The summed E-state index contributed by atoms with van der Waals surface area (Å²) in [7, 11) is 1.59. The van der Waals surface area contributed by atoms with E-state index in [9.17, 15) is 19.4 Å². The van der Waals surface area contributed by atoms with Gasteiger partial charge in [0.15, 0.2) is 5.69 Å². The first-order valence-electron chi connectivity index (χ1n) is 7.59. The van der Waals surface area contributed by atoms with E-state index in [0.717, 1.165) is 0 Å². The minimum atomic E-state index is -0.787. The van der Waals surface area contributed by atoms with Crippen molar-refractivity contribution in [3.05, 3.63) is 47.5 Å². The van der Waals surface area contributed by atoms with Gasteiger partial charge in [-0.15, -0.1) is 0 Å². The quantitative estimate of drug-likeness (QED) is 0.836. The minimum Gasteiger partial charge on any atom is -0.396 e. The van der Waals surface area contributed by atoms with Crippen molar-refractivity contribution in [2.45, 2.75) is 13.8 Å². The fraction of sp³-hybridized carbons (Fsp3) is 0.412. The number of hydrogen-bond donors (Lipinski definition) is 2. The van der Waals surface area contributed by atoms with Gasteiger partial charge in [-0.25, -0.2) is 9.07 Å². The number of aliphatic hydroxyl groups excluding tert-OH is 2. The number of aromatic nitrogens is 2. The van der Waals surface area contributed by atoms with E-state index in [1.807, 2.05) is 0 Å². The Labute approximate surface area is 140 Å². The molecule has 130 valence electrons. The summed E-state index contributed by atoms with van der Waals surface area (Å²) in [6.45, 7) is 3.17. The van der Waals surface area contributed by atoms with Crippen molar-refractivity contribution < 1.29 is 19.4 Å². The predicted molar refractivity (Wildman–Crippen MR) is 87.5 cm³/mol. The van der Waals surface area contributed by atoms with Crippen molar-refractivity contribution in [2.24, 2.45) is 5.41 Å². The maximum absolute atomic E-state index is 13.4. The van der Waals surface area contributed by atoms with Gasteiger partial charge in [0.1, 0.15) is 5.82 Å². The SMILES string of the molecule is Cc1cc(C(=O)N(C)CC(C)(CO)CO)nn1-c1cccc(F)c1. The normalized spacial score (nSPS) is 11.6. The molecule has 0 saturated carbocycles. The molecule has 0 unspecified atom stereocenters. The van der Waals surface area contributed by atoms with Crippen LogP contribution in [0.25, 0.3) is 5.69 Å². The predicted octanol–water partition coefficient (Wildman–Crippen LogP) is 1.38. The maximum atomic E-state index is 13.4. The minimum absolute atomic E-state index is 0.185. The smallest absolute Gasteiger partial charge is 0.274 e. The van der Waals surface area contributed by atoms with Gasteiger partial charge in [-0.1, -0.05) is 13.0 Å². The van der Waals surface area contributed by atoms with Crippen LogP contribution in [0.3, 0.4) is 0 Å². The van der Waals surface area contributed by atoms with Gasteiger partial charge in [-0.2, -0.15) is 5.10 Å². The molecule has 0 spiro atoms. The number of benzene rings is 1. The third-order valence-corrected chi connectivity index (χ3v) is 3.89. The summed E-state index contributed by atoms with van der Waals surface area (Å²) in [5, 5.41) is 23.0. The van der Waals surface area contributed by atoms with Gasteiger partial charge >= 0.3 is 0 Å². The summed E-state index contributed by atoms with van der Waals surface area (Å²) in [5.74, 6) is -0.713. The largest absolute Gasteiger partial charge is 0.396 e. The van der Waals surface area contributed by atoms with Gasteiger partial charge in [-0.3, -0.25) is 4.79 Å². The molecule has 0 fully saturated rings. The molecular formula is C17H22FN3O3. The third-order valence-electron chi connectivity index (χ3n) is 3.89. The fourth-order valence-electron chi connectivity index (χ4n) is 2.44. The Kier molecular flexibility index (Phi) is 5.36. The van der Waals surface area contributed by atoms with Crippen LogP contribution < -0.4 is 0 Å². The molecule has 0 radical (unpaired) electrons. The molecule has 7 heteroatoms. The zero-order chi connectivity index (χ0) is 17.9. The molecule has 6 nitrogen and oxygen atoms in total. The average Bonchev–Trinajstić information content (AvgIpc) is 2.95. The van der Waals surface area contributed by atoms with Crippen LogP contribution in [0.2, 0.25) is 0 Å². The lowest BCUT2D eigenvalue weighted by Crippen LogP contribution is -2.41. The Balaban J connectivity index is 2.24. The number of carbonyl (C=O) groups excluding carboxylic acids is 1. The molecule has 24 heavy (non-hydrogen) atoms. The van der Waals surface area contributed by atoms with E-state index in [-0.39, 0.29) is 37.2 Å². The summed E-state index contributed by atoms with van der Waals surface area (Å²) in [5.41, 5.74) is 0.664. The number of nitrogens with zero attached hydrogens (tertiary/aromatic N) is 3. The van der Waals surface area contributed by atoms with Gasteiger partial charge in [0.05, 0.1) is 18.9 Å². The molecule has 0 saturated heterocycles. The molecule has 1 heterocycles. The number of carbonyl (C=O) groups is 1. The Bertz CT molecular complexity index is 726. The monoisotopic (exact) mass is 335 g/mol. The summed E-state index contributed by atoms with van der Waals surface area (Å²) < 4.78 is 14.9. The van der Waals surface area contributed by atoms with Gasteiger partial charge in [0, 0.05) is 24.7 Å². The lowest BCUT2D eigenvalue weighted by molar-refractivity contribution is 0.0363. The summed E-state index contributed by atoms with van der Waals surface area (Å²) in [6.07, 6.45) is 0. The summed E-state index contributed by atoms with van der Waals surface area (Å²) >= 11 is 0. The number of hydrogen-bond acceptors (Lipinski definition) is 4. The first-order chi connectivity index (χ1) is 11.3. The highest BCUT2D eigenvalue weighted by molar-refractivity contribution is 5.92. The van der Waals surface area contributed by atoms with E-state index < -0.39 is 5.41 Å². The van der Waals surface area contributed by atoms with Crippen molar-refractivity contribution in [1.29, 1.82) is 0 Å². The van der Waals surface area contributed by atoms with E-state index in [1.54, 1.807) is 39.1 Å². The second kappa shape index (κ2) is 7.11. The molecule has 2 rings (SSSR count). The molecule has 0 bridgehead atoms. The molecule has 0 aliphatic heterocycles. The van der Waals surface area contributed by atoms with Crippen LogP contribution in [0.1, 0.15) is 23.1 Å². The highest BCUT2D eigenvalue weighted by atomic mass is 19.1. The van der Waals surface area contributed by atoms with E-state index in [0.29, 0.717) is 11.4 Å². The molecule has 0 atom stereocenters. The molecular weight excluding hydrogens is 313 g/mol. The third kappa shape index (κ3) is 3.80. The van der Waals surface area contributed by atoms with Gasteiger partial charge in [0.2, 0.25) is 0 Å². The van der Waals surface area contributed by atoms with E-state index in [2.05, 4.69) is 5.10 Å². The van der Waals surface area contributed by atoms with E-state index in [4.69, 9.17) is 0 Å². The zero-order valence-corrected chi connectivity index (χ0v) is 14.0. The molecule has 2 N–H and O–H groups in total. The van der Waals surface area contributed by atoms with Crippen molar-refractivity contribution in [3.8, 4) is 5.69 Å². The second-order valence-electron chi connectivity index (χ2n) is 6.35. The van der Waals surface area contributed by atoms with Crippen molar-refractivity contribution in [2.75, 3.05) is 26.8 Å². The first kappa shape index (κ1) is 18.1. The first-order valence-corrected chi connectivity index (χ1v) is 7.59. The lowest BCUT2D eigenvalue weighted by atomic mass is 9.92. The second-order valence-corrected chi connectivity index (χ2v) is 6.35. The van der Waals surface area contributed by atoms with Crippen LogP contribution in [-0.2, 0) is 0 Å². The summed E-state index contributed by atoms with van der Waals surface area (Å²) in [4.78, 5) is 13.9. The number of halogens is 1. The number of amides is 1. The zero-order valence-electron chi connectivity index (χ0n) is 14.0. The molecule has 0 aliphatic carbocycles. The van der Waals surface area contributed by atoms with Crippen molar-refractivity contribution in [3.63, 3.8) is 0 Å². The van der Waals surface area contributed by atoms with Gasteiger partial charge < -0.3 is 15.1 Å². The lowest BCUT2D eigenvalue weighted by Gasteiger charge is -2.29. The molecule has 1 aromatic heterocycles. The van der Waals surface area contributed by atoms with Crippen LogP contribution >= 0.6 is 0 Å². The standard InChI is InChI=1S/C17H22FN3O3/c1-12-7-15(16(24)20(3)9-17(2,10-22)11-23)19-21(12)14-6-4-5-13(18)8-14/h4-8,22-23H,9-11H2,1-3H3. The van der Waals surface area contributed by atoms with Gasteiger partial charge in [0.25, 0.3) is 5.91 Å². The summed E-state index contributed by atoms with van der Waals surface area (Å²) in [6, 6.07) is 7.58. The van der Waals surface area contributed by atoms with Crippen LogP contribution in [0.15, 0.2) is 30.3 Å². The Morgan fingerprint density at radius 3 is 2.58 bits per heavy atom. The van der Waals surface area contributed by atoms with Crippen LogP contribution in [0.4, 0.5) is 4.39 Å². The molecule has 1 amide bonds. The number of aryl methyl sites for hydroxylation is 1. The van der Waals surface area contributed by atoms with Crippen LogP contribution in [0.5, 0.6) is 0 Å². The van der Waals surface area contributed by atoms with Gasteiger partial charge in [-0.05, 0) is 31.2 Å². The van der Waals surface area contributed by atoms with Crippen molar-refractivity contribution in [1.82, 2.24) is 14.7 Å². The van der Waals surface area contributed by atoms with Crippen LogP contribution in [-0.4, -0.2) is 57.6 Å². The molecule has 1 aromatic carbocycles. The highest BCUT2D eigenvalue weighted by Gasteiger charge is 2.28. The highest BCUT2D eigenvalue weighted by Crippen LogP contribution is 2.18. The topological polar surface area (TPSA) is 78.6 Å². The van der Waals surface area contributed by atoms with E-state index in [1.165, 1.54) is 21.7 Å². The Hall–Kier alpha value is -2.25. The Morgan fingerprint density at radius 2 is 2.00 bits per heavy atom. The van der Waals surface area contributed by atoms with Crippen LogP contribution in [0, 0.1) is 18.2 Å². The van der Waals surface area contributed by atoms with E-state index >= 15 is 0 Å². The average molecular weight is 335 g/mol. The number of rotatable bonds is 6. The molecule has 2 aromatic rings. The molecule has 0 aliphatic rings. The van der Waals surface area contributed by atoms with Crippen molar-refractivity contribution >= 4 is 5.91 Å².